The monoisotopic (exact) mass is 268 g/mol. The molecule has 2 heteroatoms. The molecule has 2 aromatic rings. The molecule has 3 rings (SSSR count). The molecule has 0 radical (unpaired) electrons. The van der Waals surface area contributed by atoms with Crippen molar-refractivity contribution < 1.29 is 4.79 Å². The number of carbonyl (C=O) groups excluding carboxylic acids is 1. The van der Waals surface area contributed by atoms with Crippen molar-refractivity contribution in [2.24, 2.45) is 0 Å². The van der Waals surface area contributed by atoms with E-state index in [1.807, 2.05) is 29.6 Å². The Hall–Kier alpha value is -1.67. The van der Waals surface area contributed by atoms with Crippen molar-refractivity contribution in [3.63, 3.8) is 0 Å². The minimum atomic E-state index is 0.0566. The van der Waals surface area contributed by atoms with E-state index < -0.39 is 0 Å². The summed E-state index contributed by atoms with van der Waals surface area (Å²) in [6.45, 7) is 0. The van der Waals surface area contributed by atoms with Gasteiger partial charge in [-0.1, -0.05) is 36.4 Å². The average Bonchev–Trinajstić information content (AvgIpc) is 2.95. The van der Waals surface area contributed by atoms with E-state index in [1.54, 1.807) is 11.3 Å². The van der Waals surface area contributed by atoms with Gasteiger partial charge in [-0.25, -0.2) is 0 Å². The summed E-state index contributed by atoms with van der Waals surface area (Å²) in [5.74, 6) is 0.368. The maximum atomic E-state index is 12.6. The predicted molar refractivity (Wildman–Crippen MR) is 80.3 cm³/mol. The second kappa shape index (κ2) is 5.54. The first-order valence-electron chi connectivity index (χ1n) is 6.68. The van der Waals surface area contributed by atoms with Crippen LogP contribution in [-0.4, -0.2) is 5.78 Å². The molecule has 1 fully saturated rings. The molecule has 0 spiro atoms. The van der Waals surface area contributed by atoms with Gasteiger partial charge in [-0.2, -0.15) is 0 Å². The van der Waals surface area contributed by atoms with Crippen LogP contribution in [0.4, 0.5) is 0 Å². The summed E-state index contributed by atoms with van der Waals surface area (Å²) in [5.41, 5.74) is 2.15. The lowest BCUT2D eigenvalue weighted by atomic mass is 9.80. The summed E-state index contributed by atoms with van der Waals surface area (Å²) < 4.78 is 0. The second-order valence-electron chi connectivity index (χ2n) is 4.90. The zero-order valence-corrected chi connectivity index (χ0v) is 11.5. The maximum absolute atomic E-state index is 12.6. The Morgan fingerprint density at radius 3 is 2.68 bits per heavy atom. The Bertz CT molecular complexity index is 581. The predicted octanol–water partition coefficient (Wildman–Crippen LogP) is 4.67. The average molecular weight is 268 g/mol. The molecule has 1 saturated carbocycles. The Kier molecular flexibility index (Phi) is 3.60. The summed E-state index contributed by atoms with van der Waals surface area (Å²) >= 11 is 1.69. The van der Waals surface area contributed by atoms with Crippen molar-refractivity contribution in [2.45, 2.75) is 25.2 Å². The SMILES string of the molecule is O=C1C(=Cc2cccs2)CCC[C@H]1c1ccccc1. The number of thiophene rings is 1. The van der Waals surface area contributed by atoms with E-state index in [9.17, 15) is 4.79 Å². The molecule has 19 heavy (non-hydrogen) atoms. The van der Waals surface area contributed by atoms with Gasteiger partial charge in [0.05, 0.1) is 0 Å². The standard InChI is InChI=1S/C17H16OS/c18-17-14(12-15-9-5-11-19-15)8-4-10-16(17)13-6-2-1-3-7-13/h1-3,5-7,9,11-12,16H,4,8,10H2/t16-/m0/s1. The Morgan fingerprint density at radius 1 is 1.11 bits per heavy atom. The van der Waals surface area contributed by atoms with E-state index in [0.717, 1.165) is 30.4 Å². The van der Waals surface area contributed by atoms with Crippen LogP contribution >= 0.6 is 11.3 Å². The highest BCUT2D eigenvalue weighted by Gasteiger charge is 2.27. The highest BCUT2D eigenvalue weighted by atomic mass is 32.1. The normalized spacial score (nSPS) is 21.8. The quantitative estimate of drug-likeness (QED) is 0.723. The molecular formula is C17H16OS. The van der Waals surface area contributed by atoms with Crippen LogP contribution < -0.4 is 0 Å². The van der Waals surface area contributed by atoms with Crippen LogP contribution in [-0.2, 0) is 4.79 Å². The number of carbonyl (C=O) groups is 1. The lowest BCUT2D eigenvalue weighted by Crippen LogP contribution is -2.19. The van der Waals surface area contributed by atoms with Crippen LogP contribution in [0.1, 0.15) is 35.6 Å². The van der Waals surface area contributed by atoms with Crippen LogP contribution in [0.15, 0.2) is 53.4 Å². The number of ketones is 1. The number of rotatable bonds is 2. The second-order valence-corrected chi connectivity index (χ2v) is 5.88. The van der Waals surface area contributed by atoms with Crippen molar-refractivity contribution >= 4 is 23.2 Å². The zero-order chi connectivity index (χ0) is 13.1. The first kappa shape index (κ1) is 12.4. The van der Waals surface area contributed by atoms with Crippen molar-refractivity contribution in [3.05, 3.63) is 63.9 Å². The van der Waals surface area contributed by atoms with Crippen LogP contribution in [0.3, 0.4) is 0 Å². The maximum Gasteiger partial charge on any atom is 0.166 e. The summed E-state index contributed by atoms with van der Waals surface area (Å²) in [7, 11) is 0. The van der Waals surface area contributed by atoms with Gasteiger partial charge in [-0.05, 0) is 47.9 Å². The summed E-state index contributed by atoms with van der Waals surface area (Å²) in [4.78, 5) is 13.8. The van der Waals surface area contributed by atoms with Crippen LogP contribution in [0.25, 0.3) is 6.08 Å². The van der Waals surface area contributed by atoms with Crippen molar-refractivity contribution in [2.75, 3.05) is 0 Å². The molecule has 1 nitrogen and oxygen atoms in total. The zero-order valence-electron chi connectivity index (χ0n) is 10.7. The Labute approximate surface area is 117 Å². The minimum absolute atomic E-state index is 0.0566. The molecule has 0 aliphatic heterocycles. The third-order valence-corrected chi connectivity index (χ3v) is 4.45. The van der Waals surface area contributed by atoms with Gasteiger partial charge in [0.25, 0.3) is 0 Å². The highest BCUT2D eigenvalue weighted by Crippen LogP contribution is 2.34. The van der Waals surface area contributed by atoms with E-state index in [2.05, 4.69) is 24.3 Å². The number of benzene rings is 1. The number of hydrogen-bond acceptors (Lipinski definition) is 2. The molecular weight excluding hydrogens is 252 g/mol. The molecule has 1 heterocycles. The number of hydrogen-bond donors (Lipinski definition) is 0. The molecule has 1 aliphatic rings. The molecule has 1 aliphatic carbocycles. The lowest BCUT2D eigenvalue weighted by molar-refractivity contribution is -0.117. The summed E-state index contributed by atoms with van der Waals surface area (Å²) in [5, 5.41) is 2.05. The Balaban J connectivity index is 1.88. The van der Waals surface area contributed by atoms with Crippen LogP contribution in [0.2, 0.25) is 0 Å². The van der Waals surface area contributed by atoms with Crippen LogP contribution in [0, 0.1) is 0 Å². The van der Waals surface area contributed by atoms with E-state index in [4.69, 9.17) is 0 Å². The molecule has 0 amide bonds. The van der Waals surface area contributed by atoms with E-state index in [-0.39, 0.29) is 5.92 Å². The van der Waals surface area contributed by atoms with E-state index >= 15 is 0 Å². The fourth-order valence-corrected chi connectivity index (χ4v) is 3.35. The highest BCUT2D eigenvalue weighted by molar-refractivity contribution is 7.10. The van der Waals surface area contributed by atoms with Gasteiger partial charge < -0.3 is 0 Å². The van der Waals surface area contributed by atoms with Gasteiger partial charge in [-0.15, -0.1) is 11.3 Å². The van der Waals surface area contributed by atoms with Gasteiger partial charge in [0.15, 0.2) is 5.78 Å². The van der Waals surface area contributed by atoms with E-state index in [0.29, 0.717) is 5.78 Å². The molecule has 1 atom stereocenters. The molecule has 0 unspecified atom stereocenters. The fraction of sp³-hybridized carbons (Fsp3) is 0.235. The molecule has 0 bridgehead atoms. The van der Waals surface area contributed by atoms with E-state index in [1.165, 1.54) is 4.88 Å². The third-order valence-electron chi connectivity index (χ3n) is 3.63. The van der Waals surface area contributed by atoms with Crippen molar-refractivity contribution in [3.8, 4) is 0 Å². The number of allylic oxidation sites excluding steroid dienone is 1. The molecule has 0 saturated heterocycles. The first-order chi connectivity index (χ1) is 9.34. The van der Waals surface area contributed by atoms with Crippen LogP contribution in [0.5, 0.6) is 0 Å². The van der Waals surface area contributed by atoms with Gasteiger partial charge in [0, 0.05) is 10.8 Å². The van der Waals surface area contributed by atoms with Gasteiger partial charge in [-0.3, -0.25) is 4.79 Å². The first-order valence-corrected chi connectivity index (χ1v) is 7.56. The van der Waals surface area contributed by atoms with Gasteiger partial charge in [0.1, 0.15) is 0 Å². The molecule has 1 aromatic carbocycles. The molecule has 1 aromatic heterocycles. The third kappa shape index (κ3) is 2.69. The van der Waals surface area contributed by atoms with Gasteiger partial charge in [0.2, 0.25) is 0 Å². The topological polar surface area (TPSA) is 17.1 Å². The summed E-state index contributed by atoms with van der Waals surface area (Å²) in [6, 6.07) is 14.3. The van der Waals surface area contributed by atoms with Gasteiger partial charge >= 0.3 is 0 Å². The summed E-state index contributed by atoms with van der Waals surface area (Å²) in [6.07, 6.45) is 5.06. The largest absolute Gasteiger partial charge is 0.294 e. The fourth-order valence-electron chi connectivity index (χ4n) is 2.67. The molecule has 0 N–H and O–H groups in total. The minimum Gasteiger partial charge on any atom is -0.294 e. The smallest absolute Gasteiger partial charge is 0.166 e. The Morgan fingerprint density at radius 2 is 1.95 bits per heavy atom. The van der Waals surface area contributed by atoms with Crippen molar-refractivity contribution in [1.29, 1.82) is 0 Å². The van der Waals surface area contributed by atoms with Crippen molar-refractivity contribution in [1.82, 2.24) is 0 Å². The lowest BCUT2D eigenvalue weighted by Gasteiger charge is -2.23. The number of Topliss-reactive ketones (excluding diaryl/α,β-unsaturated/α-hetero) is 1. The molecule has 96 valence electrons.